The molecule has 1 heterocycles. The molecule has 2 rings (SSSR count). The number of para-hydroxylation sites is 1. The Hall–Kier alpha value is -1.98. The topological polar surface area (TPSA) is 58.3 Å². The molecule has 0 spiro atoms. The van der Waals surface area contributed by atoms with Crippen molar-refractivity contribution in [3.05, 3.63) is 60.9 Å². The Labute approximate surface area is 106 Å². The summed E-state index contributed by atoms with van der Waals surface area (Å²) in [6.07, 6.45) is 4.96. The highest BCUT2D eigenvalue weighted by atomic mass is 32.2. The molecule has 0 aliphatic rings. The summed E-state index contributed by atoms with van der Waals surface area (Å²) in [5.41, 5.74) is 1.01. The van der Waals surface area contributed by atoms with Gasteiger partial charge in [-0.1, -0.05) is 24.8 Å². The van der Waals surface area contributed by atoms with E-state index >= 15 is 0 Å². The highest BCUT2D eigenvalue weighted by molar-refractivity contribution is 7.86. The Kier molecular flexibility index (Phi) is 3.27. The first-order chi connectivity index (χ1) is 8.54. The van der Waals surface area contributed by atoms with Crippen molar-refractivity contribution in [3.8, 4) is 5.69 Å². The minimum Gasteiger partial charge on any atom is -0.282 e. The van der Waals surface area contributed by atoms with Gasteiger partial charge in [-0.05, 0) is 12.1 Å². The molecule has 1 N–H and O–H groups in total. The lowest BCUT2D eigenvalue weighted by Gasteiger charge is -2.05. The van der Waals surface area contributed by atoms with Crippen molar-refractivity contribution in [1.29, 1.82) is 0 Å². The van der Waals surface area contributed by atoms with Gasteiger partial charge < -0.3 is 0 Å². The van der Waals surface area contributed by atoms with Gasteiger partial charge in [0.15, 0.2) is 17.3 Å². The molecular formula is C13H12NO3S+. The molecule has 2 aromatic rings. The lowest BCUT2D eigenvalue weighted by molar-refractivity contribution is -0.598. The van der Waals surface area contributed by atoms with Crippen molar-refractivity contribution in [2.75, 3.05) is 0 Å². The second-order valence-electron chi connectivity index (χ2n) is 3.66. The third-order valence-corrected chi connectivity index (χ3v) is 3.39. The first-order valence-electron chi connectivity index (χ1n) is 5.23. The Balaban J connectivity index is 2.83. The Morgan fingerprint density at radius 3 is 2.33 bits per heavy atom. The Morgan fingerprint density at radius 1 is 1.11 bits per heavy atom. The van der Waals surface area contributed by atoms with E-state index in [0.717, 1.165) is 0 Å². The second-order valence-corrected chi connectivity index (χ2v) is 5.05. The van der Waals surface area contributed by atoms with Crippen molar-refractivity contribution < 1.29 is 17.5 Å². The van der Waals surface area contributed by atoms with E-state index in [1.165, 1.54) is 6.07 Å². The molecule has 0 unspecified atom stereocenters. The SMILES string of the molecule is C=Cc1cccc(S(=O)(=O)O)c1-[n+]1ccccc1. The van der Waals surface area contributed by atoms with E-state index in [9.17, 15) is 13.0 Å². The fourth-order valence-electron chi connectivity index (χ4n) is 1.74. The van der Waals surface area contributed by atoms with Crippen LogP contribution in [-0.4, -0.2) is 13.0 Å². The molecule has 0 aliphatic heterocycles. The molecule has 0 radical (unpaired) electrons. The van der Waals surface area contributed by atoms with Crippen molar-refractivity contribution in [3.63, 3.8) is 0 Å². The summed E-state index contributed by atoms with van der Waals surface area (Å²) in [7, 11) is -4.28. The van der Waals surface area contributed by atoms with Gasteiger partial charge in [-0.3, -0.25) is 4.55 Å². The van der Waals surface area contributed by atoms with E-state index in [0.29, 0.717) is 11.3 Å². The van der Waals surface area contributed by atoms with Gasteiger partial charge in [0.25, 0.3) is 0 Å². The van der Waals surface area contributed by atoms with Gasteiger partial charge in [-0.2, -0.15) is 13.0 Å². The fraction of sp³-hybridized carbons (Fsp3) is 0. The molecule has 0 fully saturated rings. The van der Waals surface area contributed by atoms with Gasteiger partial charge in [0.05, 0.1) is 0 Å². The first kappa shape index (κ1) is 12.5. The number of pyridine rings is 1. The number of rotatable bonds is 3. The van der Waals surface area contributed by atoms with Crippen LogP contribution in [0.1, 0.15) is 5.56 Å². The smallest absolute Gasteiger partial charge is 0.282 e. The van der Waals surface area contributed by atoms with Gasteiger partial charge in [-0.25, -0.2) is 0 Å². The summed E-state index contributed by atoms with van der Waals surface area (Å²) in [4.78, 5) is -0.142. The Morgan fingerprint density at radius 2 is 1.78 bits per heavy atom. The van der Waals surface area contributed by atoms with Crippen LogP contribution in [0.15, 0.2) is 60.3 Å². The van der Waals surface area contributed by atoms with E-state index in [2.05, 4.69) is 6.58 Å². The zero-order valence-corrected chi connectivity index (χ0v) is 10.3. The van der Waals surface area contributed by atoms with Gasteiger partial charge in [0.1, 0.15) is 0 Å². The van der Waals surface area contributed by atoms with Crippen LogP contribution in [0.25, 0.3) is 11.8 Å². The van der Waals surface area contributed by atoms with Crippen LogP contribution in [0.5, 0.6) is 0 Å². The quantitative estimate of drug-likeness (QED) is 0.678. The number of hydrogen-bond acceptors (Lipinski definition) is 2. The monoisotopic (exact) mass is 262 g/mol. The molecule has 0 saturated carbocycles. The average molecular weight is 262 g/mol. The third kappa shape index (κ3) is 2.32. The zero-order valence-electron chi connectivity index (χ0n) is 9.52. The van der Waals surface area contributed by atoms with Crippen LogP contribution < -0.4 is 4.57 Å². The highest BCUT2D eigenvalue weighted by Gasteiger charge is 2.24. The summed E-state index contributed by atoms with van der Waals surface area (Å²) in [5.74, 6) is 0. The maximum absolute atomic E-state index is 11.4. The molecule has 1 aromatic carbocycles. The standard InChI is InChI=1S/C13H11NO3S/c1-2-11-7-6-8-12(18(15,16)17)13(11)14-9-4-3-5-10-14/h2-10H,1H2/p+1. The van der Waals surface area contributed by atoms with Crippen molar-refractivity contribution in [2.45, 2.75) is 4.90 Å². The predicted octanol–water partition coefficient (Wildman–Crippen LogP) is 1.85. The lowest BCUT2D eigenvalue weighted by Crippen LogP contribution is -2.32. The fourth-order valence-corrected chi connectivity index (χ4v) is 2.45. The number of benzene rings is 1. The molecule has 0 atom stereocenters. The zero-order chi connectivity index (χ0) is 13.2. The van der Waals surface area contributed by atoms with Crippen molar-refractivity contribution in [2.24, 2.45) is 0 Å². The molecule has 0 bridgehead atoms. The average Bonchev–Trinajstić information content (AvgIpc) is 2.38. The van der Waals surface area contributed by atoms with E-state index in [1.807, 2.05) is 6.07 Å². The van der Waals surface area contributed by atoms with Crippen LogP contribution in [0.3, 0.4) is 0 Å². The van der Waals surface area contributed by atoms with E-state index < -0.39 is 10.1 Å². The van der Waals surface area contributed by atoms with Crippen molar-refractivity contribution in [1.82, 2.24) is 0 Å². The number of aromatic nitrogens is 1. The minimum atomic E-state index is -4.28. The van der Waals surface area contributed by atoms with E-state index in [4.69, 9.17) is 0 Å². The maximum atomic E-state index is 11.4. The highest BCUT2D eigenvalue weighted by Crippen LogP contribution is 2.20. The largest absolute Gasteiger partial charge is 0.301 e. The molecule has 0 aliphatic carbocycles. The summed E-state index contributed by atoms with van der Waals surface area (Å²) in [6.45, 7) is 3.65. The lowest BCUT2D eigenvalue weighted by atomic mass is 10.1. The summed E-state index contributed by atoms with van der Waals surface area (Å²) >= 11 is 0. The van der Waals surface area contributed by atoms with E-state index in [1.54, 1.807) is 47.3 Å². The normalized spacial score (nSPS) is 11.2. The molecule has 0 saturated heterocycles. The maximum Gasteiger partial charge on any atom is 0.301 e. The molecular weight excluding hydrogens is 250 g/mol. The molecule has 4 nitrogen and oxygen atoms in total. The summed E-state index contributed by atoms with van der Waals surface area (Å²) in [5, 5.41) is 0. The number of hydrogen-bond donors (Lipinski definition) is 1. The molecule has 1 aromatic heterocycles. The minimum absolute atomic E-state index is 0.142. The molecule has 0 amide bonds. The summed E-state index contributed by atoms with van der Waals surface area (Å²) < 4.78 is 33.7. The summed E-state index contributed by atoms with van der Waals surface area (Å²) in [6, 6.07) is 10.0. The molecule has 5 heteroatoms. The van der Waals surface area contributed by atoms with Crippen LogP contribution in [0.2, 0.25) is 0 Å². The first-order valence-corrected chi connectivity index (χ1v) is 6.67. The van der Waals surface area contributed by atoms with Crippen molar-refractivity contribution >= 4 is 16.2 Å². The van der Waals surface area contributed by atoms with Crippen LogP contribution in [0.4, 0.5) is 0 Å². The number of nitrogens with zero attached hydrogens (tertiary/aromatic N) is 1. The van der Waals surface area contributed by atoms with E-state index in [-0.39, 0.29) is 4.90 Å². The van der Waals surface area contributed by atoms with Gasteiger partial charge in [-0.15, -0.1) is 0 Å². The molecule has 18 heavy (non-hydrogen) atoms. The third-order valence-electron chi connectivity index (χ3n) is 2.50. The van der Waals surface area contributed by atoms with Gasteiger partial charge in [0, 0.05) is 17.7 Å². The van der Waals surface area contributed by atoms with Crippen LogP contribution in [-0.2, 0) is 10.1 Å². The van der Waals surface area contributed by atoms with Gasteiger partial charge in [0.2, 0.25) is 5.69 Å². The Bertz CT molecular complexity index is 679. The molecule has 92 valence electrons. The van der Waals surface area contributed by atoms with Crippen LogP contribution >= 0.6 is 0 Å². The second kappa shape index (κ2) is 4.72. The van der Waals surface area contributed by atoms with Gasteiger partial charge >= 0.3 is 10.1 Å². The predicted molar refractivity (Wildman–Crippen MR) is 67.9 cm³/mol. The van der Waals surface area contributed by atoms with Crippen LogP contribution in [0, 0.1) is 0 Å².